The molecule has 2 aliphatic rings. The molecule has 1 fully saturated rings. The molecule has 3 heterocycles. The van der Waals surface area contributed by atoms with E-state index >= 15 is 0 Å². The highest BCUT2D eigenvalue weighted by atomic mass is 32.2. The summed E-state index contributed by atoms with van der Waals surface area (Å²) in [4.78, 5) is 15.9. The summed E-state index contributed by atoms with van der Waals surface area (Å²) in [5, 5.41) is 6.70. The number of aromatic nitrogens is 2. The van der Waals surface area contributed by atoms with Crippen molar-refractivity contribution in [2.45, 2.75) is 43.0 Å². The van der Waals surface area contributed by atoms with Crippen molar-refractivity contribution in [2.75, 3.05) is 18.5 Å². The first kappa shape index (κ1) is 18.1. The molecule has 144 valence electrons. The number of hydrogen-bond acceptors (Lipinski definition) is 7. The Morgan fingerprint density at radius 2 is 2.04 bits per heavy atom. The molecular formula is C17H20N4O5S. The van der Waals surface area contributed by atoms with Crippen LogP contribution in [0.4, 0.5) is 5.69 Å². The minimum atomic E-state index is -3.73. The van der Waals surface area contributed by atoms with Crippen molar-refractivity contribution in [1.29, 1.82) is 0 Å². The summed E-state index contributed by atoms with van der Waals surface area (Å²) in [6.45, 7) is 1.26. The highest BCUT2D eigenvalue weighted by Crippen LogP contribution is 2.26. The zero-order chi connectivity index (χ0) is 18.9. The second kappa shape index (κ2) is 7.37. The summed E-state index contributed by atoms with van der Waals surface area (Å²) >= 11 is 0. The maximum atomic E-state index is 12.6. The number of amides is 1. The van der Waals surface area contributed by atoms with E-state index in [1.807, 2.05) is 0 Å². The van der Waals surface area contributed by atoms with Crippen LogP contribution in [-0.4, -0.2) is 37.7 Å². The Morgan fingerprint density at radius 3 is 2.85 bits per heavy atom. The normalized spacial score (nSPS) is 18.1. The summed E-state index contributed by atoms with van der Waals surface area (Å²) in [6, 6.07) is 4.66. The van der Waals surface area contributed by atoms with Crippen LogP contribution in [0.3, 0.4) is 0 Å². The number of aryl methyl sites for hydroxylation is 1. The highest BCUT2D eigenvalue weighted by Gasteiger charge is 2.23. The van der Waals surface area contributed by atoms with Gasteiger partial charge in [-0.25, -0.2) is 13.1 Å². The molecule has 1 aromatic heterocycles. The zero-order valence-corrected chi connectivity index (χ0v) is 15.4. The molecule has 9 nitrogen and oxygen atoms in total. The lowest BCUT2D eigenvalue weighted by atomic mass is 10.00. The van der Waals surface area contributed by atoms with E-state index in [0.29, 0.717) is 37.6 Å². The second-order valence-corrected chi connectivity index (χ2v) is 8.39. The molecule has 2 aliphatic heterocycles. The number of hydrogen-bond donors (Lipinski definition) is 2. The molecule has 10 heteroatoms. The van der Waals surface area contributed by atoms with Gasteiger partial charge >= 0.3 is 0 Å². The van der Waals surface area contributed by atoms with E-state index in [0.717, 1.165) is 18.4 Å². The maximum Gasteiger partial charge on any atom is 0.241 e. The van der Waals surface area contributed by atoms with Crippen molar-refractivity contribution in [3.05, 3.63) is 35.5 Å². The van der Waals surface area contributed by atoms with Gasteiger partial charge in [0.25, 0.3) is 0 Å². The van der Waals surface area contributed by atoms with Crippen LogP contribution in [0.25, 0.3) is 0 Å². The van der Waals surface area contributed by atoms with Crippen LogP contribution >= 0.6 is 0 Å². The Kier molecular flexibility index (Phi) is 4.94. The number of anilines is 1. The summed E-state index contributed by atoms with van der Waals surface area (Å²) in [6.07, 6.45) is 2.52. The van der Waals surface area contributed by atoms with E-state index in [1.165, 1.54) is 6.07 Å². The van der Waals surface area contributed by atoms with Crippen LogP contribution < -0.4 is 10.0 Å². The van der Waals surface area contributed by atoms with E-state index in [-0.39, 0.29) is 29.2 Å². The standard InChI is InChI=1S/C17H20N4O5S/c22-15-4-1-12-9-13(2-3-14(12)19-15)27(23,24)18-10-16-20-17(21-26-16)11-5-7-25-8-6-11/h2-3,9,11,18H,1,4-8,10H2,(H,19,22). The Labute approximate surface area is 156 Å². The number of nitrogens with one attached hydrogen (secondary N) is 2. The van der Waals surface area contributed by atoms with Gasteiger partial charge in [-0.3, -0.25) is 4.79 Å². The molecule has 4 rings (SSSR count). The highest BCUT2D eigenvalue weighted by molar-refractivity contribution is 7.89. The molecule has 0 saturated carbocycles. The summed E-state index contributed by atoms with van der Waals surface area (Å²) in [5.41, 5.74) is 1.46. The lowest BCUT2D eigenvalue weighted by Gasteiger charge is -2.18. The summed E-state index contributed by atoms with van der Waals surface area (Å²) in [7, 11) is -3.73. The number of ether oxygens (including phenoxy) is 1. The van der Waals surface area contributed by atoms with Gasteiger partial charge in [-0.2, -0.15) is 4.98 Å². The molecule has 0 unspecified atom stereocenters. The average Bonchev–Trinajstić information content (AvgIpc) is 3.16. The Bertz CT molecular complexity index is 950. The number of carbonyl (C=O) groups is 1. The van der Waals surface area contributed by atoms with Crippen molar-refractivity contribution >= 4 is 21.6 Å². The number of benzene rings is 1. The van der Waals surface area contributed by atoms with E-state index in [9.17, 15) is 13.2 Å². The molecule has 0 spiro atoms. The van der Waals surface area contributed by atoms with Crippen molar-refractivity contribution in [3.63, 3.8) is 0 Å². The van der Waals surface area contributed by atoms with Gasteiger partial charge in [0.05, 0.1) is 11.4 Å². The molecular weight excluding hydrogens is 372 g/mol. The third kappa shape index (κ3) is 4.02. The molecule has 27 heavy (non-hydrogen) atoms. The number of rotatable bonds is 5. The number of sulfonamides is 1. The molecule has 2 N–H and O–H groups in total. The smallest absolute Gasteiger partial charge is 0.241 e. The minimum Gasteiger partial charge on any atom is -0.381 e. The Balaban J connectivity index is 1.43. The summed E-state index contributed by atoms with van der Waals surface area (Å²) in [5.74, 6) is 0.944. The molecule has 1 saturated heterocycles. The fourth-order valence-electron chi connectivity index (χ4n) is 3.23. The first-order valence-corrected chi connectivity index (χ1v) is 10.3. The lowest BCUT2D eigenvalue weighted by Crippen LogP contribution is -2.24. The fraction of sp³-hybridized carbons (Fsp3) is 0.471. The van der Waals surface area contributed by atoms with E-state index in [2.05, 4.69) is 20.2 Å². The average molecular weight is 392 g/mol. The second-order valence-electron chi connectivity index (χ2n) is 6.62. The van der Waals surface area contributed by atoms with Gasteiger partial charge < -0.3 is 14.6 Å². The molecule has 2 aromatic rings. The molecule has 1 amide bonds. The van der Waals surface area contributed by atoms with Gasteiger partial charge in [0, 0.05) is 31.2 Å². The minimum absolute atomic E-state index is 0.0621. The van der Waals surface area contributed by atoms with Gasteiger partial charge in [0.2, 0.25) is 21.8 Å². The number of carbonyl (C=O) groups excluding carboxylic acids is 1. The Hall–Kier alpha value is -2.30. The van der Waals surface area contributed by atoms with E-state index in [1.54, 1.807) is 12.1 Å². The van der Waals surface area contributed by atoms with E-state index < -0.39 is 10.0 Å². The van der Waals surface area contributed by atoms with Crippen LogP contribution in [0.1, 0.15) is 42.5 Å². The number of nitrogens with zero attached hydrogens (tertiary/aromatic N) is 2. The van der Waals surface area contributed by atoms with Crippen LogP contribution in [0.15, 0.2) is 27.6 Å². The van der Waals surface area contributed by atoms with Crippen LogP contribution in [0.5, 0.6) is 0 Å². The first-order valence-electron chi connectivity index (χ1n) is 8.84. The van der Waals surface area contributed by atoms with E-state index in [4.69, 9.17) is 9.26 Å². The van der Waals surface area contributed by atoms with Crippen LogP contribution in [-0.2, 0) is 32.5 Å². The SMILES string of the molecule is O=C1CCc2cc(S(=O)(=O)NCc3nc(C4CCOCC4)no3)ccc2N1. The van der Waals surface area contributed by atoms with Gasteiger partial charge in [-0.1, -0.05) is 5.16 Å². The molecule has 0 aliphatic carbocycles. The fourth-order valence-corrected chi connectivity index (χ4v) is 4.25. The molecule has 0 bridgehead atoms. The predicted octanol–water partition coefficient (Wildman–Crippen LogP) is 1.33. The van der Waals surface area contributed by atoms with Crippen LogP contribution in [0.2, 0.25) is 0 Å². The van der Waals surface area contributed by atoms with Crippen molar-refractivity contribution in [1.82, 2.24) is 14.9 Å². The number of fused-ring (bicyclic) bond motifs is 1. The third-order valence-corrected chi connectivity index (χ3v) is 6.17. The monoisotopic (exact) mass is 392 g/mol. The van der Waals surface area contributed by atoms with Gasteiger partial charge in [0.15, 0.2) is 5.82 Å². The van der Waals surface area contributed by atoms with Crippen molar-refractivity contribution in [3.8, 4) is 0 Å². The van der Waals surface area contributed by atoms with Crippen molar-refractivity contribution in [2.24, 2.45) is 0 Å². The van der Waals surface area contributed by atoms with Crippen molar-refractivity contribution < 1.29 is 22.5 Å². The molecule has 1 aromatic carbocycles. The Morgan fingerprint density at radius 1 is 1.22 bits per heavy atom. The van der Waals surface area contributed by atoms with Gasteiger partial charge in [0.1, 0.15) is 0 Å². The molecule has 0 radical (unpaired) electrons. The quantitative estimate of drug-likeness (QED) is 0.787. The summed E-state index contributed by atoms with van der Waals surface area (Å²) < 4.78 is 38.1. The molecule has 0 atom stereocenters. The maximum absolute atomic E-state index is 12.6. The predicted molar refractivity (Wildman–Crippen MR) is 94.5 cm³/mol. The van der Waals surface area contributed by atoms with Gasteiger partial charge in [-0.15, -0.1) is 0 Å². The zero-order valence-electron chi connectivity index (χ0n) is 14.6. The third-order valence-electron chi connectivity index (χ3n) is 4.77. The first-order chi connectivity index (χ1) is 13.0. The van der Waals surface area contributed by atoms with Gasteiger partial charge in [-0.05, 0) is 43.0 Å². The van der Waals surface area contributed by atoms with Crippen LogP contribution in [0, 0.1) is 0 Å². The largest absolute Gasteiger partial charge is 0.381 e. The lowest BCUT2D eigenvalue weighted by molar-refractivity contribution is -0.116. The topological polar surface area (TPSA) is 123 Å².